The summed E-state index contributed by atoms with van der Waals surface area (Å²) in [5, 5.41) is 3.62. The number of carbonyl (C=O) groups excluding carboxylic acids is 1. The highest BCUT2D eigenvalue weighted by molar-refractivity contribution is 6.30. The van der Waals surface area contributed by atoms with Crippen LogP contribution in [0.1, 0.15) is 25.7 Å². The fourth-order valence-electron chi connectivity index (χ4n) is 2.44. The van der Waals surface area contributed by atoms with Gasteiger partial charge < -0.3 is 11.1 Å². The fraction of sp³-hybridized carbons (Fsp3) is 0.500. The van der Waals surface area contributed by atoms with Gasteiger partial charge in [0.1, 0.15) is 0 Å². The third kappa shape index (κ3) is 4.68. The average Bonchev–Trinajstić information content (AvgIpc) is 2.41. The number of nitrogens with one attached hydrogen (secondary N) is 1. The van der Waals surface area contributed by atoms with Gasteiger partial charge in [0, 0.05) is 16.6 Å². The van der Waals surface area contributed by atoms with Crippen molar-refractivity contribution in [1.29, 1.82) is 0 Å². The maximum atomic E-state index is 12.1. The zero-order valence-corrected chi connectivity index (χ0v) is 12.3. The van der Waals surface area contributed by atoms with E-state index in [4.69, 9.17) is 17.3 Å². The number of hydrogen-bond donors (Lipinski definition) is 2. The Bertz CT molecular complexity index is 400. The van der Waals surface area contributed by atoms with Gasteiger partial charge in [-0.1, -0.05) is 11.6 Å². The molecule has 1 aromatic carbocycles. The number of anilines is 1. The third-order valence-electron chi connectivity index (χ3n) is 3.66. The highest BCUT2D eigenvalue weighted by Crippen LogP contribution is 2.29. The Morgan fingerprint density at radius 1 is 1.21 bits per heavy atom. The van der Waals surface area contributed by atoms with E-state index in [0.717, 1.165) is 37.9 Å². The molecule has 3 nitrogen and oxygen atoms in total. The number of nitrogens with two attached hydrogens (primary N) is 1. The molecule has 0 aliphatic heterocycles. The van der Waals surface area contributed by atoms with Crippen LogP contribution in [0.25, 0.3) is 0 Å². The predicted molar refractivity (Wildman–Crippen MR) is 81.8 cm³/mol. The van der Waals surface area contributed by atoms with E-state index >= 15 is 0 Å². The Morgan fingerprint density at radius 2 is 1.79 bits per heavy atom. The first-order chi connectivity index (χ1) is 8.69. The summed E-state index contributed by atoms with van der Waals surface area (Å²) in [4.78, 5) is 12.1. The second-order valence-corrected chi connectivity index (χ2v) is 5.39. The van der Waals surface area contributed by atoms with Crippen molar-refractivity contribution in [2.24, 2.45) is 17.6 Å². The number of halogens is 2. The first-order valence-corrected chi connectivity index (χ1v) is 6.83. The number of amides is 1. The van der Waals surface area contributed by atoms with Crippen LogP contribution in [0.3, 0.4) is 0 Å². The number of rotatable bonds is 3. The highest BCUT2D eigenvalue weighted by atomic mass is 35.5. The molecule has 0 atom stereocenters. The van der Waals surface area contributed by atoms with E-state index in [9.17, 15) is 4.79 Å². The Kier molecular flexibility index (Phi) is 6.63. The van der Waals surface area contributed by atoms with E-state index in [1.54, 1.807) is 12.1 Å². The zero-order valence-electron chi connectivity index (χ0n) is 10.8. The number of carbonyl (C=O) groups is 1. The molecule has 0 saturated heterocycles. The second kappa shape index (κ2) is 7.73. The minimum Gasteiger partial charge on any atom is -0.330 e. The molecule has 0 radical (unpaired) electrons. The lowest BCUT2D eigenvalue weighted by Gasteiger charge is -2.26. The van der Waals surface area contributed by atoms with Crippen molar-refractivity contribution in [1.82, 2.24) is 0 Å². The van der Waals surface area contributed by atoms with E-state index < -0.39 is 0 Å². The summed E-state index contributed by atoms with van der Waals surface area (Å²) in [7, 11) is 0. The quantitative estimate of drug-likeness (QED) is 0.898. The minimum absolute atomic E-state index is 0. The third-order valence-corrected chi connectivity index (χ3v) is 3.91. The first kappa shape index (κ1) is 16.3. The van der Waals surface area contributed by atoms with Gasteiger partial charge in [-0.3, -0.25) is 4.79 Å². The summed E-state index contributed by atoms with van der Waals surface area (Å²) in [6.45, 7) is 0.742. The normalized spacial score (nSPS) is 22.4. The molecular formula is C14H20Cl2N2O. The first-order valence-electron chi connectivity index (χ1n) is 6.45. The Morgan fingerprint density at radius 3 is 2.32 bits per heavy atom. The number of benzene rings is 1. The van der Waals surface area contributed by atoms with Crippen molar-refractivity contribution >= 4 is 35.6 Å². The molecule has 19 heavy (non-hydrogen) atoms. The van der Waals surface area contributed by atoms with Gasteiger partial charge in [-0.05, 0) is 62.4 Å². The molecule has 0 aromatic heterocycles. The van der Waals surface area contributed by atoms with Crippen LogP contribution in [-0.4, -0.2) is 12.5 Å². The number of hydrogen-bond acceptors (Lipinski definition) is 2. The topological polar surface area (TPSA) is 55.1 Å². The van der Waals surface area contributed by atoms with Gasteiger partial charge in [-0.25, -0.2) is 0 Å². The molecule has 1 aliphatic rings. The minimum atomic E-state index is 0. The molecule has 106 valence electrons. The van der Waals surface area contributed by atoms with Gasteiger partial charge in [0.25, 0.3) is 0 Å². The van der Waals surface area contributed by atoms with Gasteiger partial charge in [0.2, 0.25) is 5.91 Å². The lowest BCUT2D eigenvalue weighted by atomic mass is 9.81. The van der Waals surface area contributed by atoms with E-state index in [2.05, 4.69) is 5.32 Å². The maximum absolute atomic E-state index is 12.1. The average molecular weight is 303 g/mol. The van der Waals surface area contributed by atoms with E-state index in [1.807, 2.05) is 12.1 Å². The van der Waals surface area contributed by atoms with Gasteiger partial charge in [-0.2, -0.15) is 0 Å². The SMILES string of the molecule is Cl.NC[C@H]1CC[C@H](C(=O)Nc2ccc(Cl)cc2)CC1. The van der Waals surface area contributed by atoms with Crippen molar-refractivity contribution in [3.05, 3.63) is 29.3 Å². The summed E-state index contributed by atoms with van der Waals surface area (Å²) < 4.78 is 0. The molecule has 1 saturated carbocycles. The summed E-state index contributed by atoms with van der Waals surface area (Å²) in [6, 6.07) is 7.21. The molecule has 0 spiro atoms. The van der Waals surface area contributed by atoms with Crippen molar-refractivity contribution in [3.63, 3.8) is 0 Å². The molecule has 5 heteroatoms. The van der Waals surface area contributed by atoms with E-state index in [0.29, 0.717) is 10.9 Å². The van der Waals surface area contributed by atoms with Crippen molar-refractivity contribution in [3.8, 4) is 0 Å². The lowest BCUT2D eigenvalue weighted by molar-refractivity contribution is -0.121. The molecule has 1 aliphatic carbocycles. The molecule has 0 unspecified atom stereocenters. The van der Waals surface area contributed by atoms with E-state index in [-0.39, 0.29) is 24.2 Å². The van der Waals surface area contributed by atoms with Crippen molar-refractivity contribution in [2.75, 3.05) is 11.9 Å². The van der Waals surface area contributed by atoms with Crippen LogP contribution in [0.4, 0.5) is 5.69 Å². The molecule has 1 fully saturated rings. The highest BCUT2D eigenvalue weighted by Gasteiger charge is 2.25. The molecule has 1 amide bonds. The Labute approximate surface area is 125 Å². The maximum Gasteiger partial charge on any atom is 0.227 e. The molecule has 0 heterocycles. The van der Waals surface area contributed by atoms with Crippen LogP contribution in [0.5, 0.6) is 0 Å². The van der Waals surface area contributed by atoms with Gasteiger partial charge in [0.05, 0.1) is 0 Å². The standard InChI is InChI=1S/C14H19ClN2O.ClH/c15-12-5-7-13(8-6-12)17-14(18)11-3-1-10(9-16)2-4-11;/h5-8,10-11H,1-4,9,16H2,(H,17,18);1H/t10-,11-;. The molecular weight excluding hydrogens is 283 g/mol. The molecule has 1 aromatic rings. The summed E-state index contributed by atoms with van der Waals surface area (Å²) in [5.74, 6) is 0.848. The smallest absolute Gasteiger partial charge is 0.227 e. The predicted octanol–water partition coefficient (Wildman–Crippen LogP) is 3.47. The van der Waals surface area contributed by atoms with E-state index in [1.165, 1.54) is 0 Å². The Balaban J connectivity index is 0.00000180. The van der Waals surface area contributed by atoms with Gasteiger partial charge in [-0.15, -0.1) is 12.4 Å². The van der Waals surface area contributed by atoms with Gasteiger partial charge in [0.15, 0.2) is 0 Å². The molecule has 0 bridgehead atoms. The van der Waals surface area contributed by atoms with Gasteiger partial charge >= 0.3 is 0 Å². The molecule has 2 rings (SSSR count). The second-order valence-electron chi connectivity index (χ2n) is 4.95. The van der Waals surface area contributed by atoms with Crippen LogP contribution < -0.4 is 11.1 Å². The van der Waals surface area contributed by atoms with Crippen LogP contribution >= 0.6 is 24.0 Å². The molecule has 3 N–H and O–H groups in total. The van der Waals surface area contributed by atoms with Crippen LogP contribution in [-0.2, 0) is 4.79 Å². The van der Waals surface area contributed by atoms with Crippen LogP contribution in [0.2, 0.25) is 5.02 Å². The summed E-state index contributed by atoms with van der Waals surface area (Å²) >= 11 is 5.80. The Hall–Kier alpha value is -0.770. The van der Waals surface area contributed by atoms with Crippen LogP contribution in [0.15, 0.2) is 24.3 Å². The largest absolute Gasteiger partial charge is 0.330 e. The monoisotopic (exact) mass is 302 g/mol. The summed E-state index contributed by atoms with van der Waals surface area (Å²) in [6.07, 6.45) is 4.02. The van der Waals surface area contributed by atoms with Crippen molar-refractivity contribution < 1.29 is 4.79 Å². The van der Waals surface area contributed by atoms with Crippen molar-refractivity contribution in [2.45, 2.75) is 25.7 Å². The fourth-order valence-corrected chi connectivity index (χ4v) is 2.56. The zero-order chi connectivity index (χ0) is 13.0. The van der Waals surface area contributed by atoms with Crippen LogP contribution in [0, 0.1) is 11.8 Å². The summed E-state index contributed by atoms with van der Waals surface area (Å²) in [5.41, 5.74) is 6.46. The lowest BCUT2D eigenvalue weighted by Crippen LogP contribution is -2.29.